The number of nitrogens with one attached hydrogen (secondary N) is 4. The lowest BCUT2D eigenvalue weighted by molar-refractivity contribution is -0.136. The highest BCUT2D eigenvalue weighted by Crippen LogP contribution is 2.33. The molecule has 3 amide bonds. The van der Waals surface area contributed by atoms with Gasteiger partial charge in [-0.05, 0) is 54.8 Å². The maximum atomic E-state index is 13.1. The Hall–Kier alpha value is -4.47. The van der Waals surface area contributed by atoms with Crippen LogP contribution in [0, 0.1) is 0 Å². The van der Waals surface area contributed by atoms with Crippen molar-refractivity contribution >= 4 is 46.5 Å². The second-order valence-electron chi connectivity index (χ2n) is 8.80. The highest BCUT2D eigenvalue weighted by Gasteiger charge is 2.39. The maximum Gasteiger partial charge on any atom is 0.255 e. The fourth-order valence-corrected chi connectivity index (χ4v) is 4.84. The summed E-state index contributed by atoms with van der Waals surface area (Å²) in [5, 5.41) is 12.2. The van der Waals surface area contributed by atoms with Gasteiger partial charge >= 0.3 is 0 Å². The number of aromatic nitrogens is 2. The van der Waals surface area contributed by atoms with Gasteiger partial charge in [0.15, 0.2) is 0 Å². The fraction of sp³-hybridized carbons (Fsp3) is 0.240. The summed E-state index contributed by atoms with van der Waals surface area (Å²) in [6.07, 6.45) is 3.20. The van der Waals surface area contributed by atoms with Gasteiger partial charge in [0.2, 0.25) is 17.8 Å². The van der Waals surface area contributed by atoms with Crippen LogP contribution in [-0.4, -0.2) is 45.2 Å². The van der Waals surface area contributed by atoms with E-state index in [1.165, 1.54) is 10.5 Å². The van der Waals surface area contributed by atoms with Crippen molar-refractivity contribution in [3.8, 4) is 0 Å². The number of benzene rings is 2. The summed E-state index contributed by atoms with van der Waals surface area (Å²) in [7, 11) is 0. The maximum absolute atomic E-state index is 13.1. The minimum Gasteiger partial charge on any atom is -0.384 e. The van der Waals surface area contributed by atoms with Gasteiger partial charge in [-0.3, -0.25) is 19.7 Å². The molecule has 176 valence electrons. The SMILES string of the molecule is O=C1CCC(N2Cc3c(Nc4ccnc(Nc5ccc6c(c5)CCN6)n4)cccc3C2=O)C(=O)N1. The molecule has 4 N–H and O–H groups in total. The summed E-state index contributed by atoms with van der Waals surface area (Å²) in [4.78, 5) is 47.4. The lowest BCUT2D eigenvalue weighted by atomic mass is 10.0. The summed E-state index contributed by atoms with van der Waals surface area (Å²) >= 11 is 0. The predicted octanol–water partition coefficient (Wildman–Crippen LogP) is 2.69. The number of hydrogen-bond donors (Lipinski definition) is 4. The predicted molar refractivity (Wildman–Crippen MR) is 130 cm³/mol. The second-order valence-corrected chi connectivity index (χ2v) is 8.80. The molecule has 1 aromatic heterocycles. The van der Waals surface area contributed by atoms with Crippen LogP contribution in [0.1, 0.15) is 34.3 Å². The smallest absolute Gasteiger partial charge is 0.255 e. The molecule has 3 aliphatic heterocycles. The highest BCUT2D eigenvalue weighted by atomic mass is 16.2. The van der Waals surface area contributed by atoms with Crippen LogP contribution >= 0.6 is 0 Å². The van der Waals surface area contributed by atoms with Gasteiger partial charge in [0.05, 0.1) is 0 Å². The largest absolute Gasteiger partial charge is 0.384 e. The van der Waals surface area contributed by atoms with Crippen molar-refractivity contribution in [3.63, 3.8) is 0 Å². The molecule has 1 unspecified atom stereocenters. The zero-order chi connectivity index (χ0) is 23.9. The number of imide groups is 1. The molecule has 1 atom stereocenters. The first-order valence-electron chi connectivity index (χ1n) is 11.6. The van der Waals surface area contributed by atoms with E-state index in [0.717, 1.165) is 35.6 Å². The highest BCUT2D eigenvalue weighted by molar-refractivity contribution is 6.06. The Balaban J connectivity index is 1.21. The van der Waals surface area contributed by atoms with Crippen molar-refractivity contribution in [2.75, 3.05) is 22.5 Å². The molecule has 6 rings (SSSR count). The Morgan fingerprint density at radius 3 is 2.83 bits per heavy atom. The van der Waals surface area contributed by atoms with E-state index in [4.69, 9.17) is 0 Å². The zero-order valence-electron chi connectivity index (χ0n) is 18.8. The van der Waals surface area contributed by atoms with Crippen molar-refractivity contribution in [1.29, 1.82) is 0 Å². The number of carbonyl (C=O) groups excluding carboxylic acids is 3. The van der Waals surface area contributed by atoms with E-state index in [9.17, 15) is 14.4 Å². The number of hydrogen-bond acceptors (Lipinski definition) is 8. The molecule has 0 bridgehead atoms. The van der Waals surface area contributed by atoms with Crippen LogP contribution in [0.15, 0.2) is 48.7 Å². The third kappa shape index (κ3) is 3.92. The van der Waals surface area contributed by atoms with Crippen molar-refractivity contribution in [3.05, 3.63) is 65.4 Å². The second kappa shape index (κ2) is 8.39. The lowest BCUT2D eigenvalue weighted by Crippen LogP contribution is -2.52. The topological polar surface area (TPSA) is 128 Å². The Morgan fingerprint density at radius 1 is 1.03 bits per heavy atom. The molecule has 2 aromatic carbocycles. The average Bonchev–Trinajstić information content (AvgIpc) is 3.44. The molecule has 0 aliphatic carbocycles. The van der Waals surface area contributed by atoms with Crippen molar-refractivity contribution < 1.29 is 14.4 Å². The van der Waals surface area contributed by atoms with E-state index in [-0.39, 0.29) is 24.8 Å². The summed E-state index contributed by atoms with van der Waals surface area (Å²) in [5.41, 5.74) is 5.40. The number of carbonyl (C=O) groups is 3. The molecular weight excluding hydrogens is 446 g/mol. The van der Waals surface area contributed by atoms with Crippen molar-refractivity contribution in [1.82, 2.24) is 20.2 Å². The molecule has 10 nitrogen and oxygen atoms in total. The van der Waals surface area contributed by atoms with Crippen molar-refractivity contribution in [2.24, 2.45) is 0 Å². The number of anilines is 5. The zero-order valence-corrected chi connectivity index (χ0v) is 18.8. The Morgan fingerprint density at radius 2 is 1.94 bits per heavy atom. The Bertz CT molecular complexity index is 1370. The van der Waals surface area contributed by atoms with Crippen LogP contribution in [0.4, 0.5) is 28.8 Å². The first-order valence-corrected chi connectivity index (χ1v) is 11.6. The van der Waals surface area contributed by atoms with Gasteiger partial charge in [-0.2, -0.15) is 4.98 Å². The first kappa shape index (κ1) is 21.1. The van der Waals surface area contributed by atoms with Gasteiger partial charge in [0.1, 0.15) is 11.9 Å². The van der Waals surface area contributed by atoms with E-state index in [1.807, 2.05) is 18.2 Å². The standard InChI is InChI=1S/C25H23N7O3/c33-22-7-6-20(23(34)31-22)32-13-17-16(24(32)35)2-1-3-19(17)29-21-9-11-27-25(30-21)28-15-4-5-18-14(12-15)8-10-26-18/h1-5,9,11-12,20,26H,6-8,10,13H2,(H,31,33,34)(H2,27,28,29,30). The van der Waals surface area contributed by atoms with Crippen LogP contribution in [0.3, 0.4) is 0 Å². The molecule has 3 aliphatic rings. The van der Waals surface area contributed by atoms with Crippen LogP contribution in [0.2, 0.25) is 0 Å². The molecule has 0 radical (unpaired) electrons. The average molecular weight is 470 g/mol. The van der Waals surface area contributed by atoms with Gasteiger partial charge < -0.3 is 20.9 Å². The van der Waals surface area contributed by atoms with E-state index >= 15 is 0 Å². The quantitative estimate of drug-likeness (QED) is 0.420. The van der Waals surface area contributed by atoms with Crippen LogP contribution in [0.5, 0.6) is 0 Å². The third-order valence-corrected chi connectivity index (χ3v) is 6.57. The van der Waals surface area contributed by atoms with Crippen LogP contribution in [-0.2, 0) is 22.6 Å². The van der Waals surface area contributed by atoms with E-state index in [0.29, 0.717) is 23.8 Å². The number of piperidine rings is 1. The fourth-order valence-electron chi connectivity index (χ4n) is 4.84. The monoisotopic (exact) mass is 469 g/mol. The van der Waals surface area contributed by atoms with E-state index < -0.39 is 11.9 Å². The van der Waals surface area contributed by atoms with Crippen LogP contribution in [0.25, 0.3) is 0 Å². The summed E-state index contributed by atoms with van der Waals surface area (Å²) in [6.45, 7) is 1.22. The first-order chi connectivity index (χ1) is 17.0. The third-order valence-electron chi connectivity index (χ3n) is 6.57. The molecule has 0 spiro atoms. The molecule has 3 aromatic rings. The normalized spacial score (nSPS) is 18.6. The van der Waals surface area contributed by atoms with Gasteiger partial charge in [-0.25, -0.2) is 4.98 Å². The van der Waals surface area contributed by atoms with E-state index in [1.54, 1.807) is 24.4 Å². The molecule has 4 heterocycles. The molecular formula is C25H23N7O3. The van der Waals surface area contributed by atoms with Gasteiger partial charge in [0.25, 0.3) is 5.91 Å². The molecule has 35 heavy (non-hydrogen) atoms. The lowest BCUT2D eigenvalue weighted by Gasteiger charge is -2.29. The number of nitrogens with zero attached hydrogens (tertiary/aromatic N) is 3. The molecule has 0 saturated carbocycles. The summed E-state index contributed by atoms with van der Waals surface area (Å²) in [5.74, 6) is 0.0860. The van der Waals surface area contributed by atoms with Gasteiger partial charge in [0, 0.05) is 53.9 Å². The van der Waals surface area contributed by atoms with E-state index in [2.05, 4.69) is 37.3 Å². The van der Waals surface area contributed by atoms with Gasteiger partial charge in [-0.1, -0.05) is 6.07 Å². The van der Waals surface area contributed by atoms with Crippen LogP contribution < -0.4 is 21.3 Å². The van der Waals surface area contributed by atoms with Gasteiger partial charge in [-0.15, -0.1) is 0 Å². The number of amides is 3. The minimum atomic E-state index is -0.655. The number of fused-ring (bicyclic) bond motifs is 2. The number of rotatable bonds is 5. The molecule has 10 heteroatoms. The van der Waals surface area contributed by atoms with Crippen molar-refractivity contribution in [2.45, 2.75) is 31.8 Å². The molecule has 1 fully saturated rings. The Labute approximate surface area is 201 Å². The minimum absolute atomic E-state index is 0.214. The Kier molecular flexibility index (Phi) is 5.05. The summed E-state index contributed by atoms with van der Waals surface area (Å²) in [6, 6.07) is 12.7. The summed E-state index contributed by atoms with van der Waals surface area (Å²) < 4.78 is 0. The molecule has 1 saturated heterocycles.